The van der Waals surface area contributed by atoms with Crippen molar-refractivity contribution < 1.29 is 19.4 Å². The number of rotatable bonds is 5. The average molecular weight is 368 g/mol. The number of carbonyl (C=O) groups is 1. The van der Waals surface area contributed by atoms with Crippen LogP contribution in [-0.4, -0.2) is 45.4 Å². The number of aromatic nitrogens is 3. The van der Waals surface area contributed by atoms with Gasteiger partial charge in [-0.2, -0.15) is 0 Å². The lowest BCUT2D eigenvalue weighted by Gasteiger charge is -2.27. The van der Waals surface area contributed by atoms with Crippen LogP contribution < -0.4 is 14.8 Å². The number of hydrogen-bond donors (Lipinski definition) is 2. The minimum Gasteiger partial charge on any atom is -0.493 e. The molecule has 8 nitrogen and oxygen atoms in total. The highest BCUT2D eigenvalue weighted by atomic mass is 16.5. The van der Waals surface area contributed by atoms with Crippen LogP contribution in [0.25, 0.3) is 11.2 Å². The molecule has 4 rings (SSSR count). The van der Waals surface area contributed by atoms with E-state index < -0.39 is 5.97 Å². The molecule has 1 unspecified atom stereocenters. The average Bonchev–Trinajstić information content (AvgIpc) is 3.03. The first-order valence-corrected chi connectivity index (χ1v) is 8.75. The van der Waals surface area contributed by atoms with Crippen molar-refractivity contribution in [2.45, 2.75) is 25.9 Å². The number of aryl methyl sites for hydroxylation is 1. The molecule has 2 N–H and O–H groups in total. The van der Waals surface area contributed by atoms with Gasteiger partial charge in [0.25, 0.3) is 0 Å². The number of anilines is 1. The summed E-state index contributed by atoms with van der Waals surface area (Å²) in [5, 5.41) is 12.6. The van der Waals surface area contributed by atoms with Crippen molar-refractivity contribution in [3.05, 3.63) is 41.6 Å². The molecule has 0 amide bonds. The van der Waals surface area contributed by atoms with E-state index in [4.69, 9.17) is 14.6 Å². The molecule has 2 aromatic heterocycles. The van der Waals surface area contributed by atoms with Gasteiger partial charge in [0, 0.05) is 18.3 Å². The summed E-state index contributed by atoms with van der Waals surface area (Å²) in [6.45, 7) is 3.14. The Morgan fingerprint density at radius 1 is 1.48 bits per heavy atom. The normalized spacial score (nSPS) is 15.9. The van der Waals surface area contributed by atoms with Crippen LogP contribution >= 0.6 is 0 Å². The summed E-state index contributed by atoms with van der Waals surface area (Å²) in [5.74, 6) is 1.16. The number of nitrogens with zero attached hydrogens (tertiary/aromatic N) is 3. The van der Waals surface area contributed by atoms with Crippen LogP contribution in [0.15, 0.2) is 30.5 Å². The number of fused-ring (bicyclic) bond motifs is 2. The Labute approximate surface area is 155 Å². The molecule has 3 aromatic rings. The Morgan fingerprint density at radius 3 is 3.07 bits per heavy atom. The second-order valence-corrected chi connectivity index (χ2v) is 6.36. The Balaban J connectivity index is 1.62. The molecule has 0 saturated heterocycles. The molecule has 1 aliphatic heterocycles. The lowest BCUT2D eigenvalue weighted by Crippen LogP contribution is -2.34. The van der Waals surface area contributed by atoms with E-state index in [1.54, 1.807) is 13.2 Å². The van der Waals surface area contributed by atoms with E-state index in [1.807, 2.05) is 29.7 Å². The number of carboxylic acids is 1. The van der Waals surface area contributed by atoms with Crippen molar-refractivity contribution >= 4 is 23.1 Å². The quantitative estimate of drug-likeness (QED) is 0.714. The van der Waals surface area contributed by atoms with Gasteiger partial charge in [0.05, 0.1) is 18.7 Å². The summed E-state index contributed by atoms with van der Waals surface area (Å²) < 4.78 is 13.2. The second kappa shape index (κ2) is 6.79. The summed E-state index contributed by atoms with van der Waals surface area (Å²) in [6, 6.07) is 7.43. The van der Waals surface area contributed by atoms with Crippen LogP contribution in [-0.2, 0) is 13.0 Å². The number of pyridine rings is 1. The van der Waals surface area contributed by atoms with E-state index in [9.17, 15) is 4.79 Å². The third-order valence-corrected chi connectivity index (χ3v) is 4.66. The Morgan fingerprint density at radius 2 is 2.33 bits per heavy atom. The van der Waals surface area contributed by atoms with Gasteiger partial charge in [-0.1, -0.05) is 12.1 Å². The van der Waals surface area contributed by atoms with Crippen LogP contribution in [0.4, 0.5) is 5.95 Å². The van der Waals surface area contributed by atoms with E-state index in [2.05, 4.69) is 15.3 Å². The molecule has 1 aliphatic rings. The first kappa shape index (κ1) is 17.1. The molecular formula is C19H20N4O4. The lowest BCUT2D eigenvalue weighted by atomic mass is 10.0. The van der Waals surface area contributed by atoms with Crippen LogP contribution in [0.3, 0.4) is 0 Å². The summed E-state index contributed by atoms with van der Waals surface area (Å²) in [4.78, 5) is 20.0. The zero-order valence-corrected chi connectivity index (χ0v) is 15.1. The second-order valence-electron chi connectivity index (χ2n) is 6.36. The maximum Gasteiger partial charge on any atom is 0.337 e. The molecule has 140 valence electrons. The van der Waals surface area contributed by atoms with Crippen molar-refractivity contribution in [3.63, 3.8) is 0 Å². The number of aromatic carboxylic acids is 1. The largest absolute Gasteiger partial charge is 0.493 e. The van der Waals surface area contributed by atoms with Crippen LogP contribution in [0, 0.1) is 0 Å². The van der Waals surface area contributed by atoms with Gasteiger partial charge in [0.1, 0.15) is 12.1 Å². The first-order valence-electron chi connectivity index (χ1n) is 8.75. The predicted molar refractivity (Wildman–Crippen MR) is 99.8 cm³/mol. The fourth-order valence-corrected chi connectivity index (χ4v) is 3.37. The number of carboxylic acid groups (broad SMARTS) is 1. The molecule has 0 bridgehead atoms. The Kier molecular flexibility index (Phi) is 4.31. The summed E-state index contributed by atoms with van der Waals surface area (Å²) >= 11 is 0. The molecule has 0 saturated carbocycles. The highest BCUT2D eigenvalue weighted by molar-refractivity contribution is 5.91. The molecule has 0 radical (unpaired) electrons. The maximum absolute atomic E-state index is 11.2. The van der Waals surface area contributed by atoms with E-state index >= 15 is 0 Å². The van der Waals surface area contributed by atoms with Crippen molar-refractivity contribution in [3.8, 4) is 11.5 Å². The molecule has 0 fully saturated rings. The number of benzene rings is 1. The number of ether oxygens (including phenoxy) is 2. The molecule has 0 spiro atoms. The topological polar surface area (TPSA) is 98.5 Å². The Bertz CT molecular complexity index is 1010. The number of nitrogens with one attached hydrogen (secondary N) is 1. The number of para-hydroxylation sites is 1. The lowest BCUT2D eigenvalue weighted by molar-refractivity contribution is 0.0696. The molecular weight excluding hydrogens is 348 g/mol. The van der Waals surface area contributed by atoms with Crippen LogP contribution in [0.5, 0.6) is 11.5 Å². The van der Waals surface area contributed by atoms with Gasteiger partial charge < -0.3 is 19.9 Å². The molecule has 1 aromatic carbocycles. The first-order chi connectivity index (χ1) is 13.1. The fourth-order valence-electron chi connectivity index (χ4n) is 3.37. The molecule has 8 heteroatoms. The van der Waals surface area contributed by atoms with E-state index in [1.165, 1.54) is 6.20 Å². The minimum atomic E-state index is -1.02. The SMILES string of the molecule is CCn1c(NC2COc3c(cccc3OC)C2)nc2cc(C(=O)O)cnc21. The van der Waals surface area contributed by atoms with Crippen molar-refractivity contribution in [1.29, 1.82) is 0 Å². The monoisotopic (exact) mass is 368 g/mol. The van der Waals surface area contributed by atoms with Crippen molar-refractivity contribution in [2.24, 2.45) is 0 Å². The van der Waals surface area contributed by atoms with Gasteiger partial charge >= 0.3 is 5.97 Å². The fraction of sp³-hybridized carbons (Fsp3) is 0.316. The third-order valence-electron chi connectivity index (χ3n) is 4.66. The highest BCUT2D eigenvalue weighted by Crippen LogP contribution is 2.35. The smallest absolute Gasteiger partial charge is 0.337 e. The maximum atomic E-state index is 11.2. The minimum absolute atomic E-state index is 0.0330. The van der Waals surface area contributed by atoms with Crippen LogP contribution in [0.1, 0.15) is 22.8 Å². The molecule has 27 heavy (non-hydrogen) atoms. The highest BCUT2D eigenvalue weighted by Gasteiger charge is 2.24. The van der Waals surface area contributed by atoms with Gasteiger partial charge in [-0.25, -0.2) is 14.8 Å². The van der Waals surface area contributed by atoms with Crippen molar-refractivity contribution in [2.75, 3.05) is 19.0 Å². The van der Waals surface area contributed by atoms with E-state index in [0.717, 1.165) is 23.5 Å². The summed E-state index contributed by atoms with van der Waals surface area (Å²) in [6.07, 6.45) is 2.13. The van der Waals surface area contributed by atoms with E-state index in [0.29, 0.717) is 30.3 Å². The zero-order valence-electron chi connectivity index (χ0n) is 15.1. The number of imidazole rings is 1. The van der Waals surface area contributed by atoms with Crippen molar-refractivity contribution in [1.82, 2.24) is 14.5 Å². The van der Waals surface area contributed by atoms with Gasteiger partial charge in [-0.3, -0.25) is 4.57 Å². The summed E-state index contributed by atoms with van der Waals surface area (Å²) in [7, 11) is 1.63. The van der Waals surface area contributed by atoms with Gasteiger partial charge in [0.2, 0.25) is 5.95 Å². The van der Waals surface area contributed by atoms with Crippen LogP contribution in [0.2, 0.25) is 0 Å². The third kappa shape index (κ3) is 3.03. The Hall–Kier alpha value is -3.29. The molecule has 3 heterocycles. The van der Waals surface area contributed by atoms with Gasteiger partial charge in [-0.05, 0) is 25.5 Å². The standard InChI is InChI=1S/C19H20N4O4/c1-3-23-17-14(8-12(9-20-17)18(24)25)22-19(23)21-13-7-11-5-4-6-15(26-2)16(11)27-10-13/h4-6,8-9,13H,3,7,10H2,1-2H3,(H,21,22)(H,24,25). The number of methoxy groups -OCH3 is 1. The van der Waals surface area contributed by atoms with Gasteiger partial charge in [0.15, 0.2) is 17.1 Å². The van der Waals surface area contributed by atoms with E-state index in [-0.39, 0.29) is 11.6 Å². The zero-order chi connectivity index (χ0) is 19.0. The molecule has 1 atom stereocenters. The predicted octanol–water partition coefficient (Wildman–Crippen LogP) is 2.57. The molecule has 0 aliphatic carbocycles. The van der Waals surface area contributed by atoms with Gasteiger partial charge in [-0.15, -0.1) is 0 Å². The summed E-state index contributed by atoms with van der Waals surface area (Å²) in [5.41, 5.74) is 2.40. The number of hydrogen-bond acceptors (Lipinski definition) is 6.